The van der Waals surface area contributed by atoms with Crippen LogP contribution in [0.5, 0.6) is 0 Å². The van der Waals surface area contributed by atoms with E-state index in [0.29, 0.717) is 12.0 Å². The molecule has 0 aliphatic rings. The molecule has 0 N–H and O–H groups in total. The van der Waals surface area contributed by atoms with Crippen molar-refractivity contribution in [3.05, 3.63) is 85.8 Å². The molecule has 3 heteroatoms. The maximum atomic E-state index is 4.57. The highest BCUT2D eigenvalue weighted by molar-refractivity contribution is 5.78. The quantitative estimate of drug-likeness (QED) is 0.268. The van der Waals surface area contributed by atoms with E-state index in [9.17, 15) is 0 Å². The summed E-state index contributed by atoms with van der Waals surface area (Å²) in [5.41, 5.74) is 3.44. The number of aromatic nitrogens is 2. The van der Waals surface area contributed by atoms with Crippen LogP contribution in [0.4, 0.5) is 0 Å². The summed E-state index contributed by atoms with van der Waals surface area (Å²) in [5.74, 6) is 0.689. The first-order valence-corrected chi connectivity index (χ1v) is 13.4. The van der Waals surface area contributed by atoms with E-state index in [4.69, 9.17) is 0 Å². The van der Waals surface area contributed by atoms with Gasteiger partial charge in [0, 0.05) is 6.04 Å². The van der Waals surface area contributed by atoms with Gasteiger partial charge in [0.25, 0.3) is 0 Å². The van der Waals surface area contributed by atoms with Crippen molar-refractivity contribution < 1.29 is 0 Å². The standard InChI is InChI=1S/C20H29N3.C10H16.C2H6/c1-5-7-10-18-11-12-20-19(15-18)21-16-23(20)17(3)9-8-14-22(4)13-6-2;1-4-6-7-8-9-10(3)5-2;1-2/h5,7,10-12,15-17H,1,6,8-9,13-14H2,2-4H3;4,6-10H,1,5H2,2-3H3;1-2H3/b10-7+;7-6-,9-8-;. The molecule has 2 unspecified atom stereocenters. The van der Waals surface area contributed by atoms with E-state index in [1.54, 1.807) is 12.2 Å². The van der Waals surface area contributed by atoms with Gasteiger partial charge in [0.2, 0.25) is 0 Å². The van der Waals surface area contributed by atoms with E-state index in [2.05, 4.69) is 98.8 Å². The monoisotopic (exact) mass is 477 g/mol. The van der Waals surface area contributed by atoms with Crippen LogP contribution in [0.25, 0.3) is 17.1 Å². The van der Waals surface area contributed by atoms with Crippen molar-refractivity contribution >= 4 is 17.1 Å². The molecule has 194 valence electrons. The molecule has 0 saturated carbocycles. The maximum absolute atomic E-state index is 4.57. The second kappa shape index (κ2) is 20.7. The molecule has 0 aliphatic heterocycles. The van der Waals surface area contributed by atoms with Gasteiger partial charge in [-0.25, -0.2) is 4.98 Å². The van der Waals surface area contributed by atoms with Crippen molar-refractivity contribution in [1.29, 1.82) is 0 Å². The van der Waals surface area contributed by atoms with Crippen molar-refractivity contribution in [3.63, 3.8) is 0 Å². The molecular weight excluding hydrogens is 426 g/mol. The predicted octanol–water partition coefficient (Wildman–Crippen LogP) is 9.28. The summed E-state index contributed by atoms with van der Waals surface area (Å²) < 4.78 is 2.30. The first-order chi connectivity index (χ1) is 17.0. The van der Waals surface area contributed by atoms with Crippen molar-refractivity contribution in [2.45, 2.75) is 73.3 Å². The number of imidazole rings is 1. The molecule has 3 nitrogen and oxygen atoms in total. The Morgan fingerprint density at radius 3 is 2.34 bits per heavy atom. The van der Waals surface area contributed by atoms with Crippen LogP contribution in [0.2, 0.25) is 0 Å². The number of fused-ring (bicyclic) bond motifs is 1. The molecule has 1 aromatic heterocycles. The van der Waals surface area contributed by atoms with Gasteiger partial charge in [0.1, 0.15) is 0 Å². The van der Waals surface area contributed by atoms with Gasteiger partial charge in [-0.15, -0.1) is 0 Å². The highest BCUT2D eigenvalue weighted by Crippen LogP contribution is 2.22. The van der Waals surface area contributed by atoms with E-state index >= 15 is 0 Å². The molecule has 0 amide bonds. The Bertz CT molecular complexity index is 901. The molecule has 35 heavy (non-hydrogen) atoms. The highest BCUT2D eigenvalue weighted by Gasteiger charge is 2.10. The van der Waals surface area contributed by atoms with E-state index in [0.717, 1.165) is 11.1 Å². The molecule has 0 spiro atoms. The first kappa shape index (κ1) is 32.4. The highest BCUT2D eigenvalue weighted by atomic mass is 15.1. The third kappa shape index (κ3) is 13.7. The second-order valence-electron chi connectivity index (χ2n) is 8.68. The maximum Gasteiger partial charge on any atom is 0.0960 e. The lowest BCUT2D eigenvalue weighted by Gasteiger charge is -2.18. The molecule has 0 aliphatic carbocycles. The van der Waals surface area contributed by atoms with Gasteiger partial charge >= 0.3 is 0 Å². The van der Waals surface area contributed by atoms with Crippen LogP contribution in [0.15, 0.2) is 80.2 Å². The van der Waals surface area contributed by atoms with Crippen LogP contribution in [0, 0.1) is 5.92 Å². The fourth-order valence-electron chi connectivity index (χ4n) is 3.50. The van der Waals surface area contributed by atoms with Gasteiger partial charge in [-0.3, -0.25) is 0 Å². The molecule has 2 aromatic rings. The van der Waals surface area contributed by atoms with Crippen LogP contribution in [-0.2, 0) is 0 Å². The van der Waals surface area contributed by atoms with Crippen LogP contribution in [0.3, 0.4) is 0 Å². The zero-order chi connectivity index (χ0) is 26.5. The van der Waals surface area contributed by atoms with Gasteiger partial charge in [0.05, 0.1) is 17.4 Å². The minimum absolute atomic E-state index is 0.476. The number of rotatable bonds is 13. The van der Waals surface area contributed by atoms with Crippen molar-refractivity contribution in [1.82, 2.24) is 14.5 Å². The number of allylic oxidation sites excluding steroid dienone is 7. The Balaban J connectivity index is 0.000000813. The summed E-state index contributed by atoms with van der Waals surface area (Å²) in [6.45, 7) is 22.5. The lowest BCUT2D eigenvalue weighted by atomic mass is 10.1. The molecule has 0 radical (unpaired) electrons. The molecule has 0 fully saturated rings. The lowest BCUT2D eigenvalue weighted by molar-refractivity contribution is 0.316. The van der Waals surface area contributed by atoms with E-state index in [-0.39, 0.29) is 0 Å². The van der Waals surface area contributed by atoms with Gasteiger partial charge in [-0.2, -0.15) is 0 Å². The number of hydrogen-bond acceptors (Lipinski definition) is 2. The number of hydrogen-bond donors (Lipinski definition) is 0. The molecule has 0 saturated heterocycles. The minimum atomic E-state index is 0.476. The van der Waals surface area contributed by atoms with Crippen molar-refractivity contribution in [2.24, 2.45) is 5.92 Å². The third-order valence-corrected chi connectivity index (χ3v) is 5.71. The summed E-state index contributed by atoms with van der Waals surface area (Å²) in [6.07, 6.45) is 22.6. The zero-order valence-corrected chi connectivity index (χ0v) is 23.6. The Morgan fingerprint density at radius 1 is 1.00 bits per heavy atom. The Morgan fingerprint density at radius 2 is 1.71 bits per heavy atom. The largest absolute Gasteiger partial charge is 0.328 e. The number of nitrogens with zero attached hydrogens (tertiary/aromatic N) is 3. The van der Waals surface area contributed by atoms with Crippen LogP contribution < -0.4 is 0 Å². The van der Waals surface area contributed by atoms with Crippen LogP contribution >= 0.6 is 0 Å². The van der Waals surface area contributed by atoms with E-state index in [1.165, 1.54) is 44.3 Å². The fourth-order valence-corrected chi connectivity index (χ4v) is 3.50. The van der Waals surface area contributed by atoms with Crippen molar-refractivity contribution in [2.75, 3.05) is 20.1 Å². The van der Waals surface area contributed by atoms with Gasteiger partial charge in [0.15, 0.2) is 0 Å². The van der Waals surface area contributed by atoms with E-state index < -0.39 is 0 Å². The SMILES string of the molecule is C=C/C=C/c1ccc2c(c1)ncn2C(C)CCCN(C)CCC.C=C/C=C\C=C/C(C)CC.CC. The molecule has 2 rings (SSSR count). The summed E-state index contributed by atoms with van der Waals surface area (Å²) in [6, 6.07) is 6.92. The molecule has 0 bridgehead atoms. The second-order valence-corrected chi connectivity index (χ2v) is 8.68. The normalized spacial score (nSPS) is 13.0. The topological polar surface area (TPSA) is 21.1 Å². The summed E-state index contributed by atoms with van der Waals surface area (Å²) in [7, 11) is 2.21. The van der Waals surface area contributed by atoms with Gasteiger partial charge in [-0.05, 0) is 69.9 Å². The molecule has 2 atom stereocenters. The Kier molecular flexibility index (Phi) is 19.1. The van der Waals surface area contributed by atoms with Crippen LogP contribution in [-0.4, -0.2) is 34.6 Å². The molecular formula is C32H51N3. The van der Waals surface area contributed by atoms with E-state index in [1.807, 2.05) is 38.4 Å². The molecule has 1 heterocycles. The summed E-state index contributed by atoms with van der Waals surface area (Å²) in [5, 5.41) is 0. The van der Waals surface area contributed by atoms with Gasteiger partial charge in [-0.1, -0.05) is 109 Å². The third-order valence-electron chi connectivity index (χ3n) is 5.71. The summed E-state index contributed by atoms with van der Waals surface area (Å²) >= 11 is 0. The summed E-state index contributed by atoms with van der Waals surface area (Å²) in [4.78, 5) is 6.99. The molecule has 1 aromatic carbocycles. The lowest BCUT2D eigenvalue weighted by Crippen LogP contribution is -2.21. The smallest absolute Gasteiger partial charge is 0.0960 e. The minimum Gasteiger partial charge on any atom is -0.328 e. The Labute approximate surface area is 216 Å². The van der Waals surface area contributed by atoms with Gasteiger partial charge < -0.3 is 9.47 Å². The zero-order valence-electron chi connectivity index (χ0n) is 23.6. The predicted molar refractivity (Wildman–Crippen MR) is 160 cm³/mol. The first-order valence-electron chi connectivity index (χ1n) is 13.4. The Hall–Kier alpha value is -2.65. The average Bonchev–Trinajstić information content (AvgIpc) is 3.30. The number of benzene rings is 1. The van der Waals surface area contributed by atoms with Crippen LogP contribution in [0.1, 0.15) is 78.8 Å². The van der Waals surface area contributed by atoms with Crippen molar-refractivity contribution in [3.8, 4) is 0 Å². The average molecular weight is 478 g/mol. The fraction of sp³-hybridized carbons (Fsp3) is 0.469.